The van der Waals surface area contributed by atoms with Crippen LogP contribution in [0.2, 0.25) is 0 Å². The third kappa shape index (κ3) is 6.27. The summed E-state index contributed by atoms with van der Waals surface area (Å²) < 4.78 is 10.7. The fourth-order valence-electron chi connectivity index (χ4n) is 2.61. The predicted molar refractivity (Wildman–Crippen MR) is 120 cm³/mol. The highest BCUT2D eigenvalue weighted by molar-refractivity contribution is 6.39. The van der Waals surface area contributed by atoms with Gasteiger partial charge in [0.05, 0.1) is 24.1 Å². The van der Waals surface area contributed by atoms with Crippen molar-refractivity contribution in [3.05, 3.63) is 90.0 Å². The third-order valence-electron chi connectivity index (χ3n) is 4.12. The molecule has 0 atom stereocenters. The van der Waals surface area contributed by atoms with Gasteiger partial charge in [-0.15, -0.1) is 0 Å². The minimum Gasteiger partial charge on any atom is -0.492 e. The van der Waals surface area contributed by atoms with Crippen molar-refractivity contribution in [3.8, 4) is 11.5 Å². The Balaban J connectivity index is 1.51. The van der Waals surface area contributed by atoms with Crippen molar-refractivity contribution in [1.29, 1.82) is 0 Å². The van der Waals surface area contributed by atoms with Gasteiger partial charge in [-0.3, -0.25) is 9.59 Å². The molecular weight excluding hydrogens is 410 g/mol. The Morgan fingerprint density at radius 3 is 2.28 bits per heavy atom. The summed E-state index contributed by atoms with van der Waals surface area (Å²) in [6.45, 7) is 2.24. The summed E-state index contributed by atoms with van der Waals surface area (Å²) in [4.78, 5) is 36.1. The number of hydrogen-bond donors (Lipinski definition) is 2. The first-order valence-electron chi connectivity index (χ1n) is 9.80. The van der Waals surface area contributed by atoms with Crippen molar-refractivity contribution in [2.75, 3.05) is 11.9 Å². The van der Waals surface area contributed by atoms with E-state index in [1.807, 2.05) is 13.0 Å². The average Bonchev–Trinajstić information content (AvgIpc) is 2.82. The fraction of sp³-hybridized carbons (Fsp3) is 0.0833. The maximum absolute atomic E-state index is 12.1. The van der Waals surface area contributed by atoms with Crippen molar-refractivity contribution < 1.29 is 23.9 Å². The van der Waals surface area contributed by atoms with E-state index in [0.717, 1.165) is 0 Å². The highest BCUT2D eigenvalue weighted by Gasteiger charge is 2.15. The van der Waals surface area contributed by atoms with Gasteiger partial charge in [0.15, 0.2) is 0 Å². The molecule has 0 aliphatic rings. The number of hydrogen-bond acceptors (Lipinski definition) is 6. The van der Waals surface area contributed by atoms with Gasteiger partial charge in [-0.1, -0.05) is 30.3 Å². The minimum absolute atomic E-state index is 0.368. The van der Waals surface area contributed by atoms with Crippen LogP contribution in [0, 0.1) is 0 Å². The van der Waals surface area contributed by atoms with E-state index in [4.69, 9.17) is 9.47 Å². The van der Waals surface area contributed by atoms with Crippen molar-refractivity contribution in [1.82, 2.24) is 5.43 Å². The SMILES string of the molecule is CCOc1ccccc1NC(=O)C(=O)N/N=C/c1ccc(OC(=O)c2ccccc2)cc1. The average molecular weight is 431 g/mol. The number of anilines is 1. The third-order valence-corrected chi connectivity index (χ3v) is 4.12. The van der Waals surface area contributed by atoms with Crippen LogP contribution in [0.3, 0.4) is 0 Å². The maximum Gasteiger partial charge on any atom is 0.343 e. The second-order valence-electron chi connectivity index (χ2n) is 6.41. The lowest BCUT2D eigenvalue weighted by molar-refractivity contribution is -0.136. The van der Waals surface area contributed by atoms with Crippen LogP contribution < -0.4 is 20.2 Å². The molecule has 0 spiro atoms. The van der Waals surface area contributed by atoms with Crippen LogP contribution in [0.1, 0.15) is 22.8 Å². The Kier molecular flexibility index (Phi) is 7.69. The molecule has 0 fully saturated rings. The smallest absolute Gasteiger partial charge is 0.343 e. The number of ether oxygens (including phenoxy) is 2. The lowest BCUT2D eigenvalue weighted by atomic mass is 10.2. The first kappa shape index (κ1) is 22.2. The molecule has 32 heavy (non-hydrogen) atoms. The lowest BCUT2D eigenvalue weighted by Gasteiger charge is -2.10. The Morgan fingerprint density at radius 2 is 1.56 bits per heavy atom. The monoisotopic (exact) mass is 431 g/mol. The van der Waals surface area contributed by atoms with E-state index in [1.165, 1.54) is 6.21 Å². The zero-order chi connectivity index (χ0) is 22.8. The van der Waals surface area contributed by atoms with Gasteiger partial charge in [0.25, 0.3) is 0 Å². The number of nitrogens with zero attached hydrogens (tertiary/aromatic N) is 1. The van der Waals surface area contributed by atoms with Crippen molar-refractivity contribution in [2.24, 2.45) is 5.10 Å². The summed E-state index contributed by atoms with van der Waals surface area (Å²) in [5.41, 5.74) is 3.63. The van der Waals surface area contributed by atoms with Crippen molar-refractivity contribution in [3.63, 3.8) is 0 Å². The van der Waals surface area contributed by atoms with E-state index < -0.39 is 17.8 Å². The molecule has 0 aliphatic heterocycles. The van der Waals surface area contributed by atoms with Crippen molar-refractivity contribution in [2.45, 2.75) is 6.92 Å². The molecule has 0 radical (unpaired) electrons. The molecule has 3 rings (SSSR count). The van der Waals surface area contributed by atoms with E-state index in [-0.39, 0.29) is 0 Å². The zero-order valence-corrected chi connectivity index (χ0v) is 17.3. The quantitative estimate of drug-likeness (QED) is 0.196. The Hall–Kier alpha value is -4.46. The largest absolute Gasteiger partial charge is 0.492 e. The van der Waals surface area contributed by atoms with E-state index >= 15 is 0 Å². The molecule has 8 nitrogen and oxygen atoms in total. The summed E-state index contributed by atoms with van der Waals surface area (Å²) in [6.07, 6.45) is 1.36. The molecule has 0 aliphatic carbocycles. The summed E-state index contributed by atoms with van der Waals surface area (Å²) in [5, 5.41) is 6.26. The highest BCUT2D eigenvalue weighted by Crippen LogP contribution is 2.23. The topological polar surface area (TPSA) is 106 Å². The van der Waals surface area contributed by atoms with E-state index in [1.54, 1.807) is 72.8 Å². The Bertz CT molecular complexity index is 1110. The van der Waals surface area contributed by atoms with Crippen LogP contribution in [-0.4, -0.2) is 30.6 Å². The number of carbonyl (C=O) groups is 3. The molecule has 3 aromatic rings. The number of amides is 2. The standard InChI is InChI=1S/C24H21N3O5/c1-2-31-21-11-7-6-10-20(21)26-22(28)23(29)27-25-16-17-12-14-19(15-13-17)32-24(30)18-8-4-3-5-9-18/h3-16H,2H2,1H3,(H,26,28)(H,27,29)/b25-16+. The minimum atomic E-state index is -0.930. The number of hydrazone groups is 1. The van der Waals surface area contributed by atoms with Gasteiger partial charge in [-0.25, -0.2) is 10.2 Å². The zero-order valence-electron chi connectivity index (χ0n) is 17.3. The highest BCUT2D eigenvalue weighted by atomic mass is 16.5. The molecule has 0 unspecified atom stereocenters. The molecule has 2 amide bonds. The maximum atomic E-state index is 12.1. The summed E-state index contributed by atoms with van der Waals surface area (Å²) in [5.74, 6) is -1.44. The van der Waals surface area contributed by atoms with Crippen LogP contribution in [0.15, 0.2) is 84.0 Å². The van der Waals surface area contributed by atoms with E-state index in [9.17, 15) is 14.4 Å². The first-order chi connectivity index (χ1) is 15.6. The van der Waals surface area contributed by atoms with Gasteiger partial charge in [0.1, 0.15) is 11.5 Å². The van der Waals surface area contributed by atoms with Crippen LogP contribution >= 0.6 is 0 Å². The van der Waals surface area contributed by atoms with Gasteiger partial charge in [0.2, 0.25) is 0 Å². The molecule has 2 N–H and O–H groups in total. The number of nitrogens with one attached hydrogen (secondary N) is 2. The molecule has 3 aromatic carbocycles. The van der Waals surface area contributed by atoms with Gasteiger partial charge < -0.3 is 14.8 Å². The van der Waals surface area contributed by atoms with Crippen LogP contribution in [0.5, 0.6) is 11.5 Å². The summed E-state index contributed by atoms with van der Waals surface area (Å²) >= 11 is 0. The second-order valence-corrected chi connectivity index (χ2v) is 6.41. The molecule has 0 bridgehead atoms. The predicted octanol–water partition coefficient (Wildman–Crippen LogP) is 3.39. The molecule has 162 valence electrons. The van der Waals surface area contributed by atoms with Crippen LogP contribution in [0.4, 0.5) is 5.69 Å². The van der Waals surface area contributed by atoms with Gasteiger partial charge >= 0.3 is 17.8 Å². The summed E-state index contributed by atoms with van der Waals surface area (Å²) in [7, 11) is 0. The number of para-hydroxylation sites is 2. The number of rotatable bonds is 7. The van der Waals surface area contributed by atoms with E-state index in [2.05, 4.69) is 15.8 Å². The van der Waals surface area contributed by atoms with Crippen LogP contribution in [0.25, 0.3) is 0 Å². The van der Waals surface area contributed by atoms with Gasteiger partial charge in [0, 0.05) is 0 Å². The molecule has 0 aromatic heterocycles. The van der Waals surface area contributed by atoms with Gasteiger partial charge in [-0.05, 0) is 61.0 Å². The fourth-order valence-corrected chi connectivity index (χ4v) is 2.61. The Labute approximate surface area is 184 Å². The molecule has 0 saturated heterocycles. The second kappa shape index (κ2) is 11.1. The summed E-state index contributed by atoms with van der Waals surface area (Å²) in [6, 6.07) is 22.0. The molecule has 0 saturated carbocycles. The van der Waals surface area contributed by atoms with E-state index in [0.29, 0.717) is 34.9 Å². The molecule has 8 heteroatoms. The lowest BCUT2D eigenvalue weighted by Crippen LogP contribution is -2.32. The van der Waals surface area contributed by atoms with Crippen LogP contribution in [-0.2, 0) is 9.59 Å². The number of esters is 1. The molecular formula is C24H21N3O5. The van der Waals surface area contributed by atoms with Crippen molar-refractivity contribution >= 4 is 29.7 Å². The van der Waals surface area contributed by atoms with Gasteiger partial charge in [-0.2, -0.15) is 5.10 Å². The molecule has 0 heterocycles. The normalized spacial score (nSPS) is 10.4. The number of carbonyl (C=O) groups excluding carboxylic acids is 3. The Morgan fingerprint density at radius 1 is 0.875 bits per heavy atom. The first-order valence-corrected chi connectivity index (χ1v) is 9.80. The number of benzene rings is 3.